The second-order valence-corrected chi connectivity index (χ2v) is 9.75. The molecule has 2 aromatic carbocycles. The topological polar surface area (TPSA) is 249 Å². The number of rotatable bonds is 5. The predicted octanol–water partition coefficient (Wildman–Crippen LogP) is -1.40. The molecule has 0 bridgehead atoms. The molecule has 2 fully saturated rings. The average Bonchev–Trinajstić information content (AvgIpc) is 2.94. The number of aliphatic hydroxyl groups is 6. The van der Waals surface area contributed by atoms with Crippen molar-refractivity contribution in [1.82, 2.24) is 0 Å². The van der Waals surface area contributed by atoms with Crippen LogP contribution in [-0.4, -0.2) is 108 Å². The molecule has 222 valence electrons. The number of fused-ring (bicyclic) bond motifs is 1. The molecule has 0 spiro atoms. The van der Waals surface area contributed by atoms with Crippen LogP contribution in [0.2, 0.25) is 0 Å². The minimum Gasteiger partial charge on any atom is -0.508 e. The van der Waals surface area contributed by atoms with Crippen molar-refractivity contribution in [2.24, 2.45) is 0 Å². The summed E-state index contributed by atoms with van der Waals surface area (Å²) in [7, 11) is 0. The van der Waals surface area contributed by atoms with E-state index in [0.29, 0.717) is 5.56 Å². The van der Waals surface area contributed by atoms with Crippen LogP contribution in [0.5, 0.6) is 28.7 Å². The van der Waals surface area contributed by atoms with Crippen LogP contribution in [0.1, 0.15) is 6.92 Å². The van der Waals surface area contributed by atoms with E-state index < -0.39 is 101 Å². The van der Waals surface area contributed by atoms with Crippen LogP contribution in [0.15, 0.2) is 39.5 Å². The quantitative estimate of drug-likeness (QED) is 0.168. The Morgan fingerprint density at radius 1 is 0.780 bits per heavy atom. The molecule has 15 nitrogen and oxygen atoms in total. The Kier molecular flexibility index (Phi) is 7.71. The molecule has 0 amide bonds. The Bertz CT molecular complexity index is 1470. The Morgan fingerprint density at radius 2 is 1.41 bits per heavy atom. The third kappa shape index (κ3) is 5.13. The molecule has 0 unspecified atom stereocenters. The largest absolute Gasteiger partial charge is 0.508 e. The zero-order valence-corrected chi connectivity index (χ0v) is 21.3. The van der Waals surface area contributed by atoms with E-state index in [1.165, 1.54) is 31.2 Å². The predicted molar refractivity (Wildman–Crippen MR) is 134 cm³/mol. The van der Waals surface area contributed by atoms with Gasteiger partial charge >= 0.3 is 0 Å². The van der Waals surface area contributed by atoms with Crippen molar-refractivity contribution in [1.29, 1.82) is 0 Å². The molecule has 9 N–H and O–H groups in total. The molecule has 15 heteroatoms. The van der Waals surface area contributed by atoms with Gasteiger partial charge in [0.05, 0.1) is 12.7 Å². The zero-order valence-electron chi connectivity index (χ0n) is 21.3. The normalized spacial score (nSPS) is 32.1. The van der Waals surface area contributed by atoms with Crippen molar-refractivity contribution < 1.29 is 69.3 Å². The number of ether oxygens (including phenoxy) is 4. The highest BCUT2D eigenvalue weighted by Crippen LogP contribution is 2.51. The lowest BCUT2D eigenvalue weighted by molar-refractivity contribution is -0.268. The Labute approximate surface area is 230 Å². The van der Waals surface area contributed by atoms with Crippen molar-refractivity contribution in [2.75, 3.05) is 6.61 Å². The van der Waals surface area contributed by atoms with E-state index in [1.807, 2.05) is 0 Å². The fourth-order valence-electron chi connectivity index (χ4n) is 4.53. The second kappa shape index (κ2) is 11.0. The zero-order chi connectivity index (χ0) is 29.7. The fraction of sp³-hybridized carbons (Fsp3) is 0.423. The molecular formula is C26H28O15. The van der Waals surface area contributed by atoms with Crippen LogP contribution in [0.3, 0.4) is 0 Å². The smallest absolute Gasteiger partial charge is 0.229 e. The third-order valence-electron chi connectivity index (χ3n) is 6.92. The minimum atomic E-state index is -1.87. The number of phenols is 3. The van der Waals surface area contributed by atoms with Crippen LogP contribution < -0.4 is 14.9 Å². The first-order valence-electron chi connectivity index (χ1n) is 12.4. The second-order valence-electron chi connectivity index (χ2n) is 9.75. The maximum Gasteiger partial charge on any atom is 0.229 e. The maximum absolute atomic E-state index is 13.3. The van der Waals surface area contributed by atoms with E-state index in [1.54, 1.807) is 0 Å². The summed E-state index contributed by atoms with van der Waals surface area (Å²) in [6.07, 6.45) is -14.7. The summed E-state index contributed by atoms with van der Waals surface area (Å²) >= 11 is 0. The summed E-state index contributed by atoms with van der Waals surface area (Å²) in [5, 5.41) is 92.0. The molecule has 2 aliphatic rings. The SMILES string of the molecule is C[C@H]1O[C@@H](Oc2c(O)c(O[C@@H]3OC[C@@H](O)[C@H](O)[C@@H]3O)c3oc(-c4ccc(O)cc4)cc(=O)c3c2O)[C@@H](O)[C@@H](O)[C@@H]1O. The van der Waals surface area contributed by atoms with Gasteiger partial charge in [-0.1, -0.05) is 0 Å². The monoisotopic (exact) mass is 580 g/mol. The summed E-state index contributed by atoms with van der Waals surface area (Å²) in [4.78, 5) is 13.3. The van der Waals surface area contributed by atoms with Crippen molar-refractivity contribution in [3.05, 3.63) is 40.6 Å². The van der Waals surface area contributed by atoms with Gasteiger partial charge in [0.15, 0.2) is 16.8 Å². The number of hydrogen-bond acceptors (Lipinski definition) is 15. The first kappa shape index (κ1) is 28.8. The molecule has 5 rings (SSSR count). The number of aliphatic hydroxyl groups excluding tert-OH is 6. The van der Waals surface area contributed by atoms with E-state index >= 15 is 0 Å². The Balaban J connectivity index is 1.66. The van der Waals surface area contributed by atoms with Gasteiger partial charge < -0.3 is 69.3 Å². The standard InChI is InChI=1S/C26H28O15/c1-8-15(30)18(33)20(35)26(38-8)40-23-17(32)14-11(28)6-13(9-2-4-10(27)5-3-9)39-22(14)24(21(23)36)41-25-19(34)16(31)12(29)7-37-25/h2-6,8,12,15-16,18-20,25-27,29-36H,7H2,1H3/t8-,12-,15-,16+,18+,19+,20+,25+,26+/m1/s1. The van der Waals surface area contributed by atoms with Crippen LogP contribution >= 0.6 is 0 Å². The molecule has 0 saturated carbocycles. The molecule has 41 heavy (non-hydrogen) atoms. The highest BCUT2D eigenvalue weighted by atomic mass is 16.7. The van der Waals surface area contributed by atoms with Crippen LogP contribution in [0.4, 0.5) is 0 Å². The van der Waals surface area contributed by atoms with Gasteiger partial charge in [-0.15, -0.1) is 0 Å². The summed E-state index contributed by atoms with van der Waals surface area (Å²) in [6.45, 7) is 0.887. The average molecular weight is 580 g/mol. The highest BCUT2D eigenvalue weighted by molar-refractivity contribution is 5.95. The van der Waals surface area contributed by atoms with Gasteiger partial charge in [-0.3, -0.25) is 4.79 Å². The molecule has 1 aromatic heterocycles. The Morgan fingerprint density at radius 3 is 2.10 bits per heavy atom. The lowest BCUT2D eigenvalue weighted by Gasteiger charge is -2.39. The van der Waals surface area contributed by atoms with Gasteiger partial charge in [0.1, 0.15) is 53.5 Å². The summed E-state index contributed by atoms with van der Waals surface area (Å²) in [6, 6.07) is 6.49. The molecule has 9 atom stereocenters. The lowest BCUT2D eigenvalue weighted by Crippen LogP contribution is -2.58. The number of aromatic hydroxyl groups is 3. The maximum atomic E-state index is 13.3. The van der Waals surface area contributed by atoms with Gasteiger partial charge in [-0.25, -0.2) is 0 Å². The van der Waals surface area contributed by atoms with E-state index in [0.717, 1.165) is 6.07 Å². The van der Waals surface area contributed by atoms with Crippen molar-refractivity contribution in [2.45, 2.75) is 62.2 Å². The van der Waals surface area contributed by atoms with Crippen LogP contribution in [0.25, 0.3) is 22.3 Å². The molecule has 0 aliphatic carbocycles. The molecule has 0 radical (unpaired) electrons. The first-order chi connectivity index (χ1) is 19.4. The van der Waals surface area contributed by atoms with E-state index in [9.17, 15) is 50.8 Å². The fourth-order valence-corrected chi connectivity index (χ4v) is 4.53. The van der Waals surface area contributed by atoms with E-state index in [2.05, 4.69) is 0 Å². The summed E-state index contributed by atoms with van der Waals surface area (Å²) in [5.41, 5.74) is -1.11. The molecule has 2 aliphatic heterocycles. The van der Waals surface area contributed by atoms with Gasteiger partial charge in [0, 0.05) is 11.6 Å². The van der Waals surface area contributed by atoms with Gasteiger partial charge in [0.2, 0.25) is 29.8 Å². The summed E-state index contributed by atoms with van der Waals surface area (Å²) in [5.74, 6) is -3.72. The molecular weight excluding hydrogens is 552 g/mol. The first-order valence-corrected chi connectivity index (χ1v) is 12.4. The van der Waals surface area contributed by atoms with Crippen molar-refractivity contribution in [3.63, 3.8) is 0 Å². The molecule has 3 aromatic rings. The number of hydrogen-bond donors (Lipinski definition) is 9. The molecule has 2 saturated heterocycles. The summed E-state index contributed by atoms with van der Waals surface area (Å²) < 4.78 is 27.5. The van der Waals surface area contributed by atoms with E-state index in [-0.39, 0.29) is 11.5 Å². The molecule has 3 heterocycles. The van der Waals surface area contributed by atoms with Gasteiger partial charge in [-0.2, -0.15) is 0 Å². The number of phenolic OH excluding ortho intramolecular Hbond substituents is 3. The highest BCUT2D eigenvalue weighted by Gasteiger charge is 2.45. The van der Waals surface area contributed by atoms with Gasteiger partial charge in [0.25, 0.3) is 0 Å². The van der Waals surface area contributed by atoms with E-state index in [4.69, 9.17) is 23.4 Å². The Hall–Kier alpha value is -3.67. The third-order valence-corrected chi connectivity index (χ3v) is 6.92. The lowest BCUT2D eigenvalue weighted by atomic mass is 10.00. The van der Waals surface area contributed by atoms with Crippen LogP contribution in [0, 0.1) is 0 Å². The van der Waals surface area contributed by atoms with Crippen molar-refractivity contribution >= 4 is 11.0 Å². The minimum absolute atomic E-state index is 0.0683. The van der Waals surface area contributed by atoms with Gasteiger partial charge in [-0.05, 0) is 31.2 Å². The van der Waals surface area contributed by atoms with Crippen LogP contribution in [-0.2, 0) is 9.47 Å². The van der Waals surface area contributed by atoms with Crippen molar-refractivity contribution in [3.8, 4) is 40.1 Å². The number of benzene rings is 2.